The standard InChI is InChI=1S/C15H23ClN2O3S/c1-11-10-12(16)6-7-13(11)17-14(19)8-9-18(15(2,3)4)22(5,20)21/h6-7,10H,8-9H2,1-5H3,(H,17,19). The Morgan fingerprint density at radius 2 is 1.91 bits per heavy atom. The highest BCUT2D eigenvalue weighted by Gasteiger charge is 2.29. The fourth-order valence-electron chi connectivity index (χ4n) is 2.18. The molecule has 22 heavy (non-hydrogen) atoms. The quantitative estimate of drug-likeness (QED) is 0.891. The number of nitrogens with one attached hydrogen (secondary N) is 1. The Morgan fingerprint density at radius 1 is 1.32 bits per heavy atom. The molecule has 1 amide bonds. The molecule has 0 fully saturated rings. The number of carbonyl (C=O) groups is 1. The summed E-state index contributed by atoms with van der Waals surface area (Å²) in [4.78, 5) is 12.0. The molecule has 0 aliphatic carbocycles. The molecule has 0 saturated heterocycles. The molecule has 0 saturated carbocycles. The maximum Gasteiger partial charge on any atom is 0.225 e. The number of carbonyl (C=O) groups excluding carboxylic acids is 1. The summed E-state index contributed by atoms with van der Waals surface area (Å²) in [6.45, 7) is 7.39. The Hall–Kier alpha value is -1.11. The minimum atomic E-state index is -3.37. The highest BCUT2D eigenvalue weighted by molar-refractivity contribution is 7.88. The van der Waals surface area contributed by atoms with Gasteiger partial charge < -0.3 is 5.32 Å². The molecule has 1 N–H and O–H groups in total. The Balaban J connectivity index is 2.73. The molecular weight excluding hydrogens is 324 g/mol. The predicted molar refractivity (Wildman–Crippen MR) is 90.7 cm³/mol. The number of hydrogen-bond donors (Lipinski definition) is 1. The lowest BCUT2D eigenvalue weighted by Gasteiger charge is -2.33. The van der Waals surface area contributed by atoms with Gasteiger partial charge in [-0.1, -0.05) is 11.6 Å². The minimum Gasteiger partial charge on any atom is -0.326 e. The first-order valence-corrected chi connectivity index (χ1v) is 9.17. The van der Waals surface area contributed by atoms with Crippen LogP contribution < -0.4 is 5.32 Å². The van der Waals surface area contributed by atoms with Crippen molar-refractivity contribution in [2.45, 2.75) is 39.7 Å². The first kappa shape index (κ1) is 18.9. The van der Waals surface area contributed by atoms with Crippen molar-refractivity contribution in [3.05, 3.63) is 28.8 Å². The molecule has 7 heteroatoms. The van der Waals surface area contributed by atoms with Crippen LogP contribution in [0.4, 0.5) is 5.69 Å². The second-order valence-corrected chi connectivity index (χ2v) is 8.61. The lowest BCUT2D eigenvalue weighted by atomic mass is 10.1. The average molecular weight is 347 g/mol. The molecule has 0 atom stereocenters. The Bertz CT molecular complexity index is 651. The molecule has 5 nitrogen and oxygen atoms in total. The molecule has 0 radical (unpaired) electrons. The second-order valence-electron chi connectivity index (χ2n) is 6.26. The van der Waals surface area contributed by atoms with Gasteiger partial charge in [0.1, 0.15) is 0 Å². The van der Waals surface area contributed by atoms with Crippen LogP contribution in [-0.2, 0) is 14.8 Å². The third-order valence-electron chi connectivity index (χ3n) is 3.15. The zero-order chi connectivity index (χ0) is 17.1. The third kappa shape index (κ3) is 5.59. The molecule has 1 rings (SSSR count). The Kier molecular flexibility index (Phi) is 6.01. The van der Waals surface area contributed by atoms with Crippen LogP contribution in [0.2, 0.25) is 5.02 Å². The van der Waals surface area contributed by atoms with Crippen LogP contribution in [0.5, 0.6) is 0 Å². The molecule has 0 bridgehead atoms. The van der Waals surface area contributed by atoms with Crippen molar-refractivity contribution in [2.24, 2.45) is 0 Å². The Morgan fingerprint density at radius 3 is 2.36 bits per heavy atom. The molecule has 1 aromatic carbocycles. The largest absolute Gasteiger partial charge is 0.326 e. The maximum absolute atomic E-state index is 12.0. The molecule has 0 aliphatic heterocycles. The summed E-state index contributed by atoms with van der Waals surface area (Å²) >= 11 is 5.87. The van der Waals surface area contributed by atoms with Gasteiger partial charge in [0, 0.05) is 29.2 Å². The molecule has 0 aliphatic rings. The average Bonchev–Trinajstić information content (AvgIpc) is 2.29. The smallest absolute Gasteiger partial charge is 0.225 e. The summed E-state index contributed by atoms with van der Waals surface area (Å²) < 4.78 is 25.0. The molecule has 1 aromatic rings. The van der Waals surface area contributed by atoms with Gasteiger partial charge in [-0.05, 0) is 51.5 Å². The lowest BCUT2D eigenvalue weighted by Crippen LogP contribution is -2.46. The van der Waals surface area contributed by atoms with Crippen LogP contribution >= 0.6 is 11.6 Å². The van der Waals surface area contributed by atoms with Gasteiger partial charge in [-0.15, -0.1) is 0 Å². The van der Waals surface area contributed by atoms with Crippen LogP contribution in [0.3, 0.4) is 0 Å². The van der Waals surface area contributed by atoms with Crippen molar-refractivity contribution >= 4 is 33.2 Å². The monoisotopic (exact) mass is 346 g/mol. The van der Waals surface area contributed by atoms with E-state index in [-0.39, 0.29) is 18.9 Å². The van der Waals surface area contributed by atoms with E-state index in [0.29, 0.717) is 10.7 Å². The van der Waals surface area contributed by atoms with Crippen LogP contribution in [-0.4, -0.2) is 37.0 Å². The summed E-state index contributed by atoms with van der Waals surface area (Å²) in [6, 6.07) is 5.19. The van der Waals surface area contributed by atoms with Gasteiger partial charge in [0.15, 0.2) is 0 Å². The third-order valence-corrected chi connectivity index (χ3v) is 4.92. The molecule has 0 aromatic heterocycles. The van der Waals surface area contributed by atoms with E-state index in [9.17, 15) is 13.2 Å². The molecule has 0 heterocycles. The first-order chi connectivity index (χ1) is 9.91. The van der Waals surface area contributed by atoms with Gasteiger partial charge in [0.25, 0.3) is 0 Å². The lowest BCUT2D eigenvalue weighted by molar-refractivity contribution is -0.116. The fourth-order valence-corrected chi connectivity index (χ4v) is 3.83. The van der Waals surface area contributed by atoms with E-state index < -0.39 is 15.6 Å². The van der Waals surface area contributed by atoms with Gasteiger partial charge in [0.05, 0.1) is 6.26 Å². The summed E-state index contributed by atoms with van der Waals surface area (Å²) in [5.41, 5.74) is 0.969. The van der Waals surface area contributed by atoms with E-state index in [1.807, 2.05) is 6.92 Å². The number of sulfonamides is 1. The molecule has 0 unspecified atom stereocenters. The number of nitrogens with zero attached hydrogens (tertiary/aromatic N) is 1. The van der Waals surface area contributed by atoms with E-state index >= 15 is 0 Å². The van der Waals surface area contributed by atoms with Gasteiger partial charge in [0.2, 0.25) is 15.9 Å². The summed E-state index contributed by atoms with van der Waals surface area (Å²) in [6.07, 6.45) is 1.24. The van der Waals surface area contributed by atoms with Crippen molar-refractivity contribution in [3.8, 4) is 0 Å². The zero-order valence-electron chi connectivity index (χ0n) is 13.6. The van der Waals surface area contributed by atoms with E-state index in [0.717, 1.165) is 11.8 Å². The van der Waals surface area contributed by atoms with Gasteiger partial charge in [-0.2, -0.15) is 4.31 Å². The number of amides is 1. The van der Waals surface area contributed by atoms with Crippen molar-refractivity contribution in [1.29, 1.82) is 0 Å². The van der Waals surface area contributed by atoms with Crippen molar-refractivity contribution in [2.75, 3.05) is 18.1 Å². The topological polar surface area (TPSA) is 66.5 Å². The fraction of sp³-hybridized carbons (Fsp3) is 0.533. The van der Waals surface area contributed by atoms with Gasteiger partial charge >= 0.3 is 0 Å². The summed E-state index contributed by atoms with van der Waals surface area (Å²) in [5, 5.41) is 3.38. The van der Waals surface area contributed by atoms with E-state index in [2.05, 4.69) is 5.32 Å². The molecule has 124 valence electrons. The van der Waals surface area contributed by atoms with Crippen LogP contribution in [0.1, 0.15) is 32.8 Å². The number of anilines is 1. The predicted octanol–water partition coefficient (Wildman–Crippen LogP) is 3.04. The first-order valence-electron chi connectivity index (χ1n) is 6.95. The summed E-state index contributed by atoms with van der Waals surface area (Å²) in [7, 11) is -3.37. The second kappa shape index (κ2) is 6.98. The van der Waals surface area contributed by atoms with Crippen LogP contribution in [0.15, 0.2) is 18.2 Å². The number of aryl methyl sites for hydroxylation is 1. The normalized spacial score (nSPS) is 12.5. The van der Waals surface area contributed by atoms with Crippen molar-refractivity contribution < 1.29 is 13.2 Å². The number of rotatable bonds is 5. The number of benzene rings is 1. The van der Waals surface area contributed by atoms with Crippen molar-refractivity contribution in [3.63, 3.8) is 0 Å². The highest BCUT2D eigenvalue weighted by Crippen LogP contribution is 2.21. The van der Waals surface area contributed by atoms with E-state index in [1.54, 1.807) is 39.0 Å². The van der Waals surface area contributed by atoms with Gasteiger partial charge in [-0.3, -0.25) is 4.79 Å². The van der Waals surface area contributed by atoms with E-state index in [1.165, 1.54) is 4.31 Å². The van der Waals surface area contributed by atoms with Crippen LogP contribution in [0.25, 0.3) is 0 Å². The Labute approximate surface area is 137 Å². The van der Waals surface area contributed by atoms with Gasteiger partial charge in [-0.25, -0.2) is 8.42 Å². The highest BCUT2D eigenvalue weighted by atomic mass is 35.5. The minimum absolute atomic E-state index is 0.0897. The zero-order valence-corrected chi connectivity index (χ0v) is 15.2. The SMILES string of the molecule is Cc1cc(Cl)ccc1NC(=O)CCN(C(C)(C)C)S(C)(=O)=O. The molecular formula is C15H23ClN2O3S. The summed E-state index contributed by atoms with van der Waals surface area (Å²) in [5.74, 6) is -0.233. The maximum atomic E-state index is 12.0. The number of halogens is 1. The van der Waals surface area contributed by atoms with Crippen molar-refractivity contribution in [1.82, 2.24) is 4.31 Å². The number of hydrogen-bond acceptors (Lipinski definition) is 3. The molecule has 0 spiro atoms. The van der Waals surface area contributed by atoms with Crippen LogP contribution in [0, 0.1) is 6.92 Å². The van der Waals surface area contributed by atoms with E-state index in [4.69, 9.17) is 11.6 Å².